The van der Waals surface area contributed by atoms with E-state index in [1.54, 1.807) is 9.80 Å². The summed E-state index contributed by atoms with van der Waals surface area (Å²) in [5.74, 6) is -0.679. The smallest absolute Gasteiger partial charge is 0.246 e. The molecular formula is C30H50N2O6Si2. The number of hydrogen-bond donors (Lipinski definition) is 0. The van der Waals surface area contributed by atoms with Crippen LogP contribution in [-0.2, 0) is 28.0 Å². The summed E-state index contributed by atoms with van der Waals surface area (Å²) in [5.41, 5.74) is 0. The molecule has 0 radical (unpaired) electrons. The molecular weight excluding hydrogens is 541 g/mol. The summed E-state index contributed by atoms with van der Waals surface area (Å²) in [4.78, 5) is 58.6. The maximum absolute atomic E-state index is 14.3. The summed E-state index contributed by atoms with van der Waals surface area (Å²) >= 11 is 0. The second kappa shape index (κ2) is 9.57. The van der Waals surface area contributed by atoms with Crippen molar-refractivity contribution in [3.8, 4) is 0 Å². The molecule has 40 heavy (non-hydrogen) atoms. The van der Waals surface area contributed by atoms with Crippen molar-refractivity contribution in [1.82, 2.24) is 9.80 Å². The average Bonchev–Trinajstić information content (AvgIpc) is 3.42. The van der Waals surface area contributed by atoms with E-state index >= 15 is 0 Å². The van der Waals surface area contributed by atoms with Gasteiger partial charge in [0.2, 0.25) is 11.8 Å². The van der Waals surface area contributed by atoms with E-state index in [4.69, 9.17) is 8.85 Å². The minimum Gasteiger partial charge on any atom is -0.412 e. The molecule has 8 nitrogen and oxygen atoms in total. The molecule has 0 N–H and O–H groups in total. The fourth-order valence-electron chi connectivity index (χ4n) is 7.34. The highest BCUT2D eigenvalue weighted by atomic mass is 28.4. The number of ketones is 2. The van der Waals surface area contributed by atoms with Crippen molar-refractivity contribution in [1.29, 1.82) is 0 Å². The van der Waals surface area contributed by atoms with E-state index in [1.165, 1.54) is 0 Å². The number of amides is 2. The van der Waals surface area contributed by atoms with Crippen LogP contribution in [0.25, 0.3) is 0 Å². The standard InChI is InChI=1S/C30H50N2O6Si2/c1-29(2,3)39(7,8)37-23-13-11-21(33)17-15-19-28(36)32-20(27(35)31(19)25(17)23)16-18-22(34)12-14-24(26(18)32)38-40(9,10)30(4,5)6/h17-20,23-26H,11-16H2,1-10H3/t17-,18-,19-,20-,23+,24+,25-,26-/m1/s1. The molecule has 224 valence electrons. The van der Waals surface area contributed by atoms with E-state index in [0.29, 0.717) is 38.5 Å². The fraction of sp³-hybridized carbons (Fsp3) is 0.867. The minimum atomic E-state index is -2.18. The first-order valence-corrected chi connectivity index (χ1v) is 21.1. The van der Waals surface area contributed by atoms with Gasteiger partial charge in [-0.1, -0.05) is 41.5 Å². The molecule has 0 unspecified atom stereocenters. The van der Waals surface area contributed by atoms with E-state index in [1.807, 2.05) is 0 Å². The molecule has 5 fully saturated rings. The summed E-state index contributed by atoms with van der Waals surface area (Å²) in [6.07, 6.45) is 2.22. The quantitative estimate of drug-likeness (QED) is 0.442. The van der Waals surface area contributed by atoms with Gasteiger partial charge in [0.1, 0.15) is 23.7 Å². The van der Waals surface area contributed by atoms with Crippen molar-refractivity contribution in [3.05, 3.63) is 0 Å². The maximum atomic E-state index is 14.3. The highest BCUT2D eigenvalue weighted by Gasteiger charge is 2.65. The Morgan fingerprint density at radius 3 is 1.25 bits per heavy atom. The third kappa shape index (κ3) is 4.59. The first-order chi connectivity index (χ1) is 18.3. The van der Waals surface area contributed by atoms with Crippen LogP contribution >= 0.6 is 0 Å². The van der Waals surface area contributed by atoms with Gasteiger partial charge < -0.3 is 18.7 Å². The molecule has 5 aliphatic rings. The predicted octanol–water partition coefficient (Wildman–Crippen LogP) is 4.68. The lowest BCUT2D eigenvalue weighted by atomic mass is 9.81. The second-order valence-corrected chi connectivity index (χ2v) is 25.5. The van der Waals surface area contributed by atoms with Gasteiger partial charge in [0, 0.05) is 24.7 Å². The van der Waals surface area contributed by atoms with Crippen molar-refractivity contribution < 1.29 is 28.0 Å². The van der Waals surface area contributed by atoms with Gasteiger partial charge in [-0.2, -0.15) is 0 Å². The van der Waals surface area contributed by atoms with Crippen molar-refractivity contribution in [3.63, 3.8) is 0 Å². The second-order valence-electron chi connectivity index (χ2n) is 16.0. The molecule has 2 saturated carbocycles. The first-order valence-electron chi connectivity index (χ1n) is 15.3. The van der Waals surface area contributed by atoms with Crippen molar-refractivity contribution in [2.75, 3.05) is 0 Å². The van der Waals surface area contributed by atoms with Crippen molar-refractivity contribution >= 4 is 40.0 Å². The lowest BCUT2D eigenvalue weighted by Gasteiger charge is -2.50. The third-order valence-electron chi connectivity index (χ3n) is 11.6. The summed E-state index contributed by atoms with van der Waals surface area (Å²) < 4.78 is 13.7. The van der Waals surface area contributed by atoms with E-state index < -0.39 is 40.8 Å². The first kappa shape index (κ1) is 30.1. The Kier molecular flexibility index (Phi) is 7.20. The van der Waals surface area contributed by atoms with Gasteiger partial charge in [-0.15, -0.1) is 0 Å². The van der Waals surface area contributed by atoms with Crippen LogP contribution in [0.15, 0.2) is 0 Å². The van der Waals surface area contributed by atoms with Crippen LogP contribution < -0.4 is 0 Å². The summed E-state index contributed by atoms with van der Waals surface area (Å²) in [6.45, 7) is 21.9. The average molecular weight is 591 g/mol. The topological polar surface area (TPSA) is 93.2 Å². The molecule has 0 aromatic rings. The van der Waals surface area contributed by atoms with Gasteiger partial charge in [0.25, 0.3) is 0 Å². The molecule has 0 aromatic heterocycles. The largest absolute Gasteiger partial charge is 0.412 e. The lowest BCUT2D eigenvalue weighted by Crippen LogP contribution is -2.68. The van der Waals surface area contributed by atoms with E-state index in [-0.39, 0.29) is 57.5 Å². The maximum Gasteiger partial charge on any atom is 0.246 e. The molecule has 2 aliphatic carbocycles. The summed E-state index contributed by atoms with van der Waals surface area (Å²) in [5, 5.41) is -0.0255. The molecule has 5 rings (SSSR count). The fourth-order valence-corrected chi connectivity index (χ4v) is 10.1. The highest BCUT2D eigenvalue weighted by molar-refractivity contribution is 6.74. The van der Waals surface area contributed by atoms with Gasteiger partial charge in [-0.25, -0.2) is 0 Å². The zero-order valence-electron chi connectivity index (χ0n) is 26.2. The van der Waals surface area contributed by atoms with Crippen LogP contribution in [0.2, 0.25) is 36.3 Å². The number of carbonyl (C=O) groups is 4. The summed E-state index contributed by atoms with van der Waals surface area (Å²) in [6, 6.07) is -2.15. The van der Waals surface area contributed by atoms with Gasteiger partial charge in [-0.3, -0.25) is 19.2 Å². The van der Waals surface area contributed by atoms with Crippen LogP contribution in [0.3, 0.4) is 0 Å². The zero-order chi connectivity index (χ0) is 29.7. The Labute approximate surface area is 242 Å². The lowest BCUT2D eigenvalue weighted by molar-refractivity contribution is -0.165. The molecule has 3 saturated heterocycles. The van der Waals surface area contributed by atoms with Crippen LogP contribution in [0, 0.1) is 11.8 Å². The Hall–Kier alpha value is -1.37. The molecule has 3 heterocycles. The van der Waals surface area contributed by atoms with Crippen LogP contribution in [0.4, 0.5) is 0 Å². The highest BCUT2D eigenvalue weighted by Crippen LogP contribution is 2.50. The molecule has 8 atom stereocenters. The molecule has 0 spiro atoms. The van der Waals surface area contributed by atoms with Gasteiger partial charge >= 0.3 is 0 Å². The van der Waals surface area contributed by atoms with Gasteiger partial charge in [0.05, 0.1) is 24.3 Å². The van der Waals surface area contributed by atoms with Crippen molar-refractivity contribution in [2.45, 2.75) is 153 Å². The normalized spacial score (nSPS) is 37.0. The predicted molar refractivity (Wildman–Crippen MR) is 158 cm³/mol. The molecule has 0 bridgehead atoms. The molecule has 2 amide bonds. The van der Waals surface area contributed by atoms with Crippen LogP contribution in [-0.4, -0.2) is 86.2 Å². The number of nitrogens with zero attached hydrogens (tertiary/aromatic N) is 2. The van der Waals surface area contributed by atoms with E-state index in [2.05, 4.69) is 67.7 Å². The SMILES string of the molecule is CC(C)(C)[Si](C)(C)O[C@H]1CCC(=O)[C@H]2C[C@@H]3C(=O)N4[C@H]5[C@@H](O[Si](C)(C)C(C)(C)C)CCC(=O)[C@H]5C[C@@H]4C(=O)N3[C@@H]12. The monoisotopic (exact) mass is 590 g/mol. The Balaban J connectivity index is 1.47. The molecule has 10 heteroatoms. The minimum absolute atomic E-state index is 0.0127. The molecule has 0 aromatic carbocycles. The molecule has 3 aliphatic heterocycles. The number of rotatable bonds is 4. The number of Topliss-reactive ketones (excluding diaryl/α,β-unsaturated/α-hetero) is 2. The van der Waals surface area contributed by atoms with Gasteiger partial charge in [-0.05, 0) is 61.9 Å². The Bertz CT molecular complexity index is 1020. The van der Waals surface area contributed by atoms with E-state index in [9.17, 15) is 19.2 Å². The van der Waals surface area contributed by atoms with Crippen LogP contribution in [0.1, 0.15) is 80.1 Å². The zero-order valence-corrected chi connectivity index (χ0v) is 28.2. The van der Waals surface area contributed by atoms with Crippen molar-refractivity contribution in [2.24, 2.45) is 11.8 Å². The Morgan fingerprint density at radius 1 is 0.625 bits per heavy atom. The number of hydrogen-bond acceptors (Lipinski definition) is 6. The Morgan fingerprint density at radius 2 is 0.950 bits per heavy atom. The number of piperazine rings is 1. The third-order valence-corrected chi connectivity index (χ3v) is 20.6. The number of fused-ring (bicyclic) bond motifs is 6. The number of carbonyl (C=O) groups excluding carboxylic acids is 4. The van der Waals surface area contributed by atoms with E-state index in [0.717, 1.165) is 0 Å². The summed E-state index contributed by atoms with van der Waals surface area (Å²) in [7, 11) is -4.36. The van der Waals surface area contributed by atoms with Gasteiger partial charge in [0.15, 0.2) is 16.6 Å². The van der Waals surface area contributed by atoms with Crippen LogP contribution in [0.5, 0.6) is 0 Å².